The molecule has 0 bridgehead atoms. The van der Waals surface area contributed by atoms with Gasteiger partial charge in [0.1, 0.15) is 5.75 Å². The van der Waals surface area contributed by atoms with E-state index in [0.29, 0.717) is 10.3 Å². The number of fused-ring (bicyclic) bond motifs is 1. The predicted molar refractivity (Wildman–Crippen MR) is 107 cm³/mol. The Morgan fingerprint density at radius 2 is 2.04 bits per heavy atom. The maximum Gasteiger partial charge on any atom is 0.223 e. The number of hydrogen-bond donors (Lipinski definition) is 2. The van der Waals surface area contributed by atoms with Gasteiger partial charge in [-0.25, -0.2) is 15.0 Å². The molecule has 0 aliphatic rings. The summed E-state index contributed by atoms with van der Waals surface area (Å²) in [5, 5.41) is 13.5. The van der Waals surface area contributed by atoms with Crippen molar-refractivity contribution in [1.82, 2.24) is 15.0 Å². The molecule has 0 unspecified atom stereocenters. The molecule has 4 aromatic rings. The van der Waals surface area contributed by atoms with Crippen LogP contribution in [0.4, 0.5) is 5.13 Å². The van der Waals surface area contributed by atoms with Crippen molar-refractivity contribution < 1.29 is 9.90 Å². The Hall–Kier alpha value is -2.97. The summed E-state index contributed by atoms with van der Waals surface area (Å²) in [6.07, 6.45) is 1.72. The van der Waals surface area contributed by atoms with Crippen LogP contribution in [0, 0.1) is 0 Å². The van der Waals surface area contributed by atoms with E-state index in [1.54, 1.807) is 24.4 Å². The number of amides is 1. The van der Waals surface area contributed by atoms with Crippen LogP contribution in [0.1, 0.15) is 6.92 Å². The zero-order valence-electron chi connectivity index (χ0n) is 14.2. The van der Waals surface area contributed by atoms with Crippen molar-refractivity contribution in [3.63, 3.8) is 0 Å². The molecule has 0 saturated carbocycles. The summed E-state index contributed by atoms with van der Waals surface area (Å²) in [6, 6.07) is 14.7. The van der Waals surface area contributed by atoms with E-state index in [1.807, 2.05) is 30.3 Å². The van der Waals surface area contributed by atoms with Gasteiger partial charge in [0.2, 0.25) is 5.91 Å². The second-order valence-electron chi connectivity index (χ2n) is 5.71. The fourth-order valence-corrected chi connectivity index (χ4v) is 4.24. The van der Waals surface area contributed by atoms with Crippen molar-refractivity contribution >= 4 is 44.4 Å². The first-order valence-electron chi connectivity index (χ1n) is 8.05. The molecule has 4 rings (SSSR count). The van der Waals surface area contributed by atoms with Gasteiger partial charge < -0.3 is 10.4 Å². The van der Waals surface area contributed by atoms with Crippen LogP contribution in [-0.2, 0) is 4.79 Å². The number of anilines is 1. The zero-order valence-corrected chi connectivity index (χ0v) is 15.8. The number of aromatic hydroxyl groups is 1. The van der Waals surface area contributed by atoms with Crippen molar-refractivity contribution in [3.05, 3.63) is 54.7 Å². The summed E-state index contributed by atoms with van der Waals surface area (Å²) in [6.45, 7) is 1.46. The number of nitrogens with zero attached hydrogens (tertiary/aromatic N) is 3. The number of benzene rings is 2. The van der Waals surface area contributed by atoms with Gasteiger partial charge in [0.15, 0.2) is 10.3 Å². The van der Waals surface area contributed by atoms with Crippen molar-refractivity contribution in [1.29, 1.82) is 0 Å². The van der Waals surface area contributed by atoms with Crippen LogP contribution in [0.5, 0.6) is 5.75 Å². The number of phenols is 1. The van der Waals surface area contributed by atoms with Crippen molar-refractivity contribution in [2.24, 2.45) is 0 Å². The van der Waals surface area contributed by atoms with E-state index in [0.717, 1.165) is 26.4 Å². The Kier molecular flexibility index (Phi) is 4.74. The number of carbonyl (C=O) groups is 1. The molecule has 0 radical (unpaired) electrons. The molecule has 0 aliphatic carbocycles. The topological polar surface area (TPSA) is 88.0 Å². The average Bonchev–Trinajstić information content (AvgIpc) is 3.02. The van der Waals surface area contributed by atoms with Gasteiger partial charge in [-0.2, -0.15) is 0 Å². The number of phenolic OH excluding ortho intramolecular Hbond substituents is 1. The van der Waals surface area contributed by atoms with E-state index >= 15 is 0 Å². The highest BCUT2D eigenvalue weighted by molar-refractivity contribution is 7.99. The first-order valence-corrected chi connectivity index (χ1v) is 9.68. The SMILES string of the molecule is CC(=O)Nc1nc2ccc(-c3ccnc(Sc4cccc(O)c4)n3)cc2s1. The third-order valence-electron chi connectivity index (χ3n) is 3.63. The second kappa shape index (κ2) is 7.34. The summed E-state index contributed by atoms with van der Waals surface area (Å²) in [4.78, 5) is 25.4. The maximum atomic E-state index is 11.2. The highest BCUT2D eigenvalue weighted by atomic mass is 32.2. The minimum Gasteiger partial charge on any atom is -0.508 e. The van der Waals surface area contributed by atoms with Crippen molar-refractivity contribution in [2.45, 2.75) is 17.0 Å². The fraction of sp³-hybridized carbons (Fsp3) is 0.0526. The van der Waals surface area contributed by atoms with Gasteiger partial charge in [0.25, 0.3) is 0 Å². The zero-order chi connectivity index (χ0) is 18.8. The number of carbonyl (C=O) groups excluding carboxylic acids is 1. The van der Waals surface area contributed by atoms with E-state index in [9.17, 15) is 9.90 Å². The van der Waals surface area contributed by atoms with E-state index in [4.69, 9.17) is 0 Å². The first kappa shape index (κ1) is 17.4. The molecule has 2 heterocycles. The lowest BCUT2D eigenvalue weighted by atomic mass is 10.1. The molecule has 0 atom stereocenters. The highest BCUT2D eigenvalue weighted by Crippen LogP contribution is 2.32. The minimum atomic E-state index is -0.140. The molecule has 0 spiro atoms. The highest BCUT2D eigenvalue weighted by Gasteiger charge is 2.09. The summed E-state index contributed by atoms with van der Waals surface area (Å²) >= 11 is 2.81. The van der Waals surface area contributed by atoms with E-state index in [1.165, 1.54) is 30.0 Å². The minimum absolute atomic E-state index is 0.140. The molecule has 0 aliphatic heterocycles. The monoisotopic (exact) mass is 394 g/mol. The van der Waals surface area contributed by atoms with Crippen molar-refractivity contribution in [2.75, 3.05) is 5.32 Å². The van der Waals surface area contributed by atoms with Crippen LogP contribution in [0.3, 0.4) is 0 Å². The van der Waals surface area contributed by atoms with Crippen molar-refractivity contribution in [3.8, 4) is 17.0 Å². The number of thiazole rings is 1. The fourth-order valence-electron chi connectivity index (χ4n) is 2.49. The third-order valence-corrected chi connectivity index (χ3v) is 5.43. The van der Waals surface area contributed by atoms with Gasteiger partial charge in [-0.3, -0.25) is 4.79 Å². The molecule has 2 aromatic carbocycles. The molecule has 8 heteroatoms. The van der Waals surface area contributed by atoms with Gasteiger partial charge in [-0.1, -0.05) is 23.5 Å². The lowest BCUT2D eigenvalue weighted by molar-refractivity contribution is -0.114. The quantitative estimate of drug-likeness (QED) is 0.493. The van der Waals surface area contributed by atoms with Gasteiger partial charge in [-0.05, 0) is 48.2 Å². The van der Waals surface area contributed by atoms with Crippen LogP contribution >= 0.6 is 23.1 Å². The van der Waals surface area contributed by atoms with Crippen LogP contribution in [0.25, 0.3) is 21.5 Å². The summed E-state index contributed by atoms with van der Waals surface area (Å²) < 4.78 is 0.969. The van der Waals surface area contributed by atoms with Gasteiger partial charge in [0, 0.05) is 23.6 Å². The molecule has 1 amide bonds. The Labute approximate surface area is 163 Å². The Morgan fingerprint density at radius 1 is 1.15 bits per heavy atom. The molecule has 6 nitrogen and oxygen atoms in total. The molecule has 134 valence electrons. The Morgan fingerprint density at radius 3 is 2.85 bits per heavy atom. The smallest absolute Gasteiger partial charge is 0.223 e. The normalized spacial score (nSPS) is 10.9. The lowest BCUT2D eigenvalue weighted by Gasteiger charge is -2.04. The Balaban J connectivity index is 1.63. The molecule has 27 heavy (non-hydrogen) atoms. The lowest BCUT2D eigenvalue weighted by Crippen LogP contribution is -2.04. The molecule has 2 aromatic heterocycles. The van der Waals surface area contributed by atoms with Crippen LogP contribution in [0.2, 0.25) is 0 Å². The van der Waals surface area contributed by atoms with Crippen LogP contribution in [0.15, 0.2) is 64.8 Å². The largest absolute Gasteiger partial charge is 0.508 e. The summed E-state index contributed by atoms with van der Waals surface area (Å²) in [7, 11) is 0. The van der Waals surface area contributed by atoms with Gasteiger partial charge in [-0.15, -0.1) is 0 Å². The molecule has 0 fully saturated rings. The van der Waals surface area contributed by atoms with Crippen LogP contribution < -0.4 is 5.32 Å². The van der Waals surface area contributed by atoms with E-state index in [2.05, 4.69) is 20.3 Å². The Bertz CT molecular complexity index is 1140. The third kappa shape index (κ3) is 4.07. The molecular formula is C19H14N4O2S2. The number of nitrogens with one attached hydrogen (secondary N) is 1. The average molecular weight is 394 g/mol. The first-order chi connectivity index (χ1) is 13.1. The predicted octanol–water partition coefficient (Wildman–Crippen LogP) is 4.57. The van der Waals surface area contributed by atoms with Gasteiger partial charge in [0.05, 0.1) is 15.9 Å². The molecule has 0 saturated heterocycles. The number of aromatic nitrogens is 3. The summed E-state index contributed by atoms with van der Waals surface area (Å²) in [5.41, 5.74) is 2.57. The maximum absolute atomic E-state index is 11.2. The molecular weight excluding hydrogens is 380 g/mol. The number of rotatable bonds is 4. The van der Waals surface area contributed by atoms with E-state index in [-0.39, 0.29) is 11.7 Å². The summed E-state index contributed by atoms with van der Waals surface area (Å²) in [5.74, 6) is 0.0699. The molecule has 2 N–H and O–H groups in total. The standard InChI is InChI=1S/C19H14N4O2S2/c1-11(24)21-19-23-16-6-5-12(9-17(16)27-19)15-7-8-20-18(22-15)26-14-4-2-3-13(25)10-14/h2-10,25H,1H3,(H,21,23,24). The van der Waals surface area contributed by atoms with E-state index < -0.39 is 0 Å². The van der Waals surface area contributed by atoms with Crippen LogP contribution in [-0.4, -0.2) is 26.0 Å². The number of hydrogen-bond acceptors (Lipinski definition) is 7. The van der Waals surface area contributed by atoms with Gasteiger partial charge >= 0.3 is 0 Å². The second-order valence-corrected chi connectivity index (χ2v) is 7.78.